The van der Waals surface area contributed by atoms with Crippen LogP contribution in [0.1, 0.15) is 17.4 Å². The van der Waals surface area contributed by atoms with E-state index in [1.165, 1.54) is 10.7 Å². The van der Waals surface area contributed by atoms with Crippen molar-refractivity contribution in [3.63, 3.8) is 0 Å². The maximum absolute atomic E-state index is 11.9. The molecule has 2 aromatic heterocycles. The fraction of sp³-hybridized carbons (Fsp3) is 0.368. The first-order valence-electron chi connectivity index (χ1n) is 10.3. The molecule has 16 heteroatoms. The average molecular weight is 549 g/mol. The smallest absolute Gasteiger partial charge is 0.340 e. The molecule has 1 saturated heterocycles. The van der Waals surface area contributed by atoms with Crippen LogP contribution >= 0.6 is 26.8 Å². The summed E-state index contributed by atoms with van der Waals surface area (Å²) in [6.07, 6.45) is -4.05. The summed E-state index contributed by atoms with van der Waals surface area (Å²) in [5.74, 6) is -1.39. The number of aliphatic hydroxyl groups is 2. The largest absolute Gasteiger partial charge is 0.387 e. The number of anilines is 1. The number of hydrogen-bond acceptors (Lipinski definition) is 9. The van der Waals surface area contributed by atoms with Gasteiger partial charge in [-0.05, 0) is 5.56 Å². The van der Waals surface area contributed by atoms with Gasteiger partial charge in [-0.3, -0.25) is 9.13 Å². The molecule has 13 nitrogen and oxygen atoms in total. The van der Waals surface area contributed by atoms with Gasteiger partial charge in [0.2, 0.25) is 0 Å². The first-order valence-corrected chi connectivity index (χ1v) is 14.2. The summed E-state index contributed by atoms with van der Waals surface area (Å²) in [5, 5.41) is 28.5. The van der Waals surface area contributed by atoms with Crippen molar-refractivity contribution in [1.82, 2.24) is 14.6 Å². The lowest BCUT2D eigenvalue weighted by molar-refractivity contribution is -0.0204. The number of fused-ring (bicyclic) bond motifs is 1. The van der Waals surface area contributed by atoms with Gasteiger partial charge >= 0.3 is 15.2 Å². The van der Waals surface area contributed by atoms with E-state index in [1.807, 2.05) is 30.3 Å². The molecule has 0 bridgehead atoms. The van der Waals surface area contributed by atoms with Gasteiger partial charge in [0.15, 0.2) is 16.7 Å². The van der Waals surface area contributed by atoms with E-state index in [1.54, 1.807) is 6.07 Å². The molecule has 3 heterocycles. The molecule has 3 aromatic rings. The summed E-state index contributed by atoms with van der Waals surface area (Å²) >= 11 is 6.19. The number of benzene rings is 1. The number of aliphatic hydroxyl groups excluding tert-OH is 2. The Kier molecular flexibility index (Phi) is 7.65. The second kappa shape index (κ2) is 10.2. The van der Waals surface area contributed by atoms with Crippen molar-refractivity contribution in [2.75, 3.05) is 17.8 Å². The molecular formula is C19H23ClN4O9P2. The summed E-state index contributed by atoms with van der Waals surface area (Å²) in [7, 11) is -9.49. The number of aromatic nitrogens is 3. The predicted octanol–water partition coefficient (Wildman–Crippen LogP) is 1.49. The number of nitrogens with one attached hydrogen (secondary N) is 1. The minimum absolute atomic E-state index is 0.124. The van der Waals surface area contributed by atoms with Gasteiger partial charge in [0.1, 0.15) is 24.4 Å². The number of halogens is 1. The van der Waals surface area contributed by atoms with Crippen LogP contribution in [0.25, 0.3) is 5.65 Å². The van der Waals surface area contributed by atoms with Crippen LogP contribution in [0.4, 0.5) is 5.69 Å². The maximum atomic E-state index is 11.9. The molecule has 1 aliphatic rings. The van der Waals surface area contributed by atoms with Gasteiger partial charge in [-0.25, -0.2) is 9.50 Å². The number of imidazole rings is 1. The van der Waals surface area contributed by atoms with Crippen molar-refractivity contribution >= 4 is 38.1 Å². The molecule has 5 atom stereocenters. The first-order chi connectivity index (χ1) is 16.4. The Labute approximate surface area is 204 Å². The highest BCUT2D eigenvalue weighted by atomic mass is 35.5. The van der Waals surface area contributed by atoms with Crippen LogP contribution in [0, 0.1) is 0 Å². The van der Waals surface area contributed by atoms with Gasteiger partial charge in [0.25, 0.3) is 0 Å². The zero-order valence-electron chi connectivity index (χ0n) is 18.0. The third-order valence-electron chi connectivity index (χ3n) is 5.25. The van der Waals surface area contributed by atoms with E-state index in [4.69, 9.17) is 30.6 Å². The molecule has 1 aromatic carbocycles. The van der Waals surface area contributed by atoms with Crippen LogP contribution in [0.15, 0.2) is 42.6 Å². The second-order valence-corrected chi connectivity index (χ2v) is 12.3. The van der Waals surface area contributed by atoms with Crippen LogP contribution in [-0.2, 0) is 24.9 Å². The van der Waals surface area contributed by atoms with Crippen molar-refractivity contribution in [2.24, 2.45) is 0 Å². The molecule has 4 rings (SSSR count). The molecule has 35 heavy (non-hydrogen) atoms. The number of hydrogen-bond donors (Lipinski definition) is 6. The Morgan fingerprint density at radius 1 is 1.14 bits per heavy atom. The van der Waals surface area contributed by atoms with Gasteiger partial charge < -0.3 is 39.5 Å². The Hall–Kier alpha value is -1.89. The lowest BCUT2D eigenvalue weighted by atomic mass is 10.1. The Bertz CT molecular complexity index is 1290. The first kappa shape index (κ1) is 26.2. The van der Waals surface area contributed by atoms with Gasteiger partial charge in [0, 0.05) is 12.6 Å². The van der Waals surface area contributed by atoms with Gasteiger partial charge in [-0.15, -0.1) is 0 Å². The van der Waals surface area contributed by atoms with Crippen molar-refractivity contribution < 1.29 is 43.3 Å². The molecule has 1 aliphatic heterocycles. The molecule has 0 radical (unpaired) electrons. The normalized spacial score (nSPS) is 24.5. The minimum atomic E-state index is -4.82. The number of rotatable bonds is 9. The zero-order valence-corrected chi connectivity index (χ0v) is 20.5. The van der Waals surface area contributed by atoms with E-state index in [9.17, 15) is 24.2 Å². The highest BCUT2D eigenvalue weighted by molar-refractivity contribution is 7.70. The van der Waals surface area contributed by atoms with Crippen LogP contribution in [-0.4, -0.2) is 70.3 Å². The van der Waals surface area contributed by atoms with Crippen LogP contribution in [0.3, 0.4) is 0 Å². The fourth-order valence-electron chi connectivity index (χ4n) is 3.67. The summed E-state index contributed by atoms with van der Waals surface area (Å²) < 4.78 is 34.6. The molecule has 6 N–H and O–H groups in total. The zero-order chi connectivity index (χ0) is 25.4. The highest BCUT2D eigenvalue weighted by Crippen LogP contribution is 2.55. The topological polar surface area (TPSA) is 196 Å². The Morgan fingerprint density at radius 3 is 2.54 bits per heavy atom. The van der Waals surface area contributed by atoms with E-state index in [0.717, 1.165) is 5.56 Å². The SMILES string of the molecule is O=P(O)(O)CP(=O)(O)OC[C@H]1O[C@@H](c2cnc3c(NCc4ccccc4)cc(Cl)nn23)[C@H](O)[C@@H]1O. The summed E-state index contributed by atoms with van der Waals surface area (Å²) in [6.45, 7) is -0.215. The Morgan fingerprint density at radius 2 is 1.86 bits per heavy atom. The maximum Gasteiger partial charge on any atom is 0.340 e. The van der Waals surface area contributed by atoms with E-state index >= 15 is 0 Å². The molecule has 0 aliphatic carbocycles. The minimum Gasteiger partial charge on any atom is -0.387 e. The van der Waals surface area contributed by atoms with Crippen LogP contribution in [0.2, 0.25) is 5.15 Å². The van der Waals surface area contributed by atoms with Crippen LogP contribution in [0.5, 0.6) is 0 Å². The molecule has 0 saturated carbocycles. The van der Waals surface area contributed by atoms with E-state index in [-0.39, 0.29) is 10.8 Å². The van der Waals surface area contributed by atoms with Crippen LogP contribution < -0.4 is 5.32 Å². The molecule has 190 valence electrons. The van der Waals surface area contributed by atoms with Crippen molar-refractivity contribution in [3.8, 4) is 0 Å². The standard InChI is InChI=1S/C19H23ClN4O9P2/c20-15-6-12(21-7-11-4-2-1-3-5-11)19-22-8-13(24(19)23-15)18-17(26)16(25)14(33-18)9-32-35(30,31)10-34(27,28)29/h1-6,8,14,16-18,21,25-26H,7,9-10H2,(H,30,31)(H2,27,28,29)/t14-,16-,17-,18+/m1/s1. The van der Waals surface area contributed by atoms with E-state index in [2.05, 4.69) is 15.4 Å². The second-order valence-electron chi connectivity index (χ2n) is 7.95. The molecule has 1 fully saturated rings. The fourth-order valence-corrected chi connectivity index (χ4v) is 6.42. The predicted molar refractivity (Wildman–Crippen MR) is 124 cm³/mol. The van der Waals surface area contributed by atoms with E-state index in [0.29, 0.717) is 17.9 Å². The third kappa shape index (κ3) is 6.28. The number of ether oxygens (including phenoxy) is 1. The molecule has 0 amide bonds. The molecule has 0 spiro atoms. The van der Waals surface area contributed by atoms with Crippen molar-refractivity contribution in [2.45, 2.75) is 31.0 Å². The van der Waals surface area contributed by atoms with Gasteiger partial charge in [-0.1, -0.05) is 41.9 Å². The van der Waals surface area contributed by atoms with Crippen molar-refractivity contribution in [1.29, 1.82) is 0 Å². The van der Waals surface area contributed by atoms with E-state index < -0.39 is 52.1 Å². The van der Waals surface area contributed by atoms with Crippen molar-refractivity contribution in [3.05, 3.63) is 59.0 Å². The quantitative estimate of drug-likeness (QED) is 0.211. The van der Waals surface area contributed by atoms with Gasteiger partial charge in [0.05, 0.1) is 24.2 Å². The summed E-state index contributed by atoms with van der Waals surface area (Å²) in [5.41, 5.74) is 2.21. The highest BCUT2D eigenvalue weighted by Gasteiger charge is 2.46. The lowest BCUT2D eigenvalue weighted by Crippen LogP contribution is -2.33. The monoisotopic (exact) mass is 548 g/mol. The average Bonchev–Trinajstić information content (AvgIpc) is 3.31. The lowest BCUT2D eigenvalue weighted by Gasteiger charge is -2.18. The summed E-state index contributed by atoms with van der Waals surface area (Å²) in [4.78, 5) is 31.8. The molecular weight excluding hydrogens is 526 g/mol. The number of nitrogens with zero attached hydrogens (tertiary/aromatic N) is 3. The molecule has 1 unspecified atom stereocenters. The van der Waals surface area contributed by atoms with Gasteiger partial charge in [-0.2, -0.15) is 5.10 Å². The third-order valence-corrected chi connectivity index (χ3v) is 8.89. The summed E-state index contributed by atoms with van der Waals surface area (Å²) in [6, 6.07) is 11.2. The Balaban J connectivity index is 1.52.